The summed E-state index contributed by atoms with van der Waals surface area (Å²) in [6.45, 7) is 3.39. The number of carboxylic acids is 1. The zero-order valence-corrected chi connectivity index (χ0v) is 15.1. The lowest BCUT2D eigenvalue weighted by Gasteiger charge is -2.29. The van der Waals surface area contributed by atoms with E-state index in [2.05, 4.69) is 5.32 Å². The van der Waals surface area contributed by atoms with Gasteiger partial charge in [0.2, 0.25) is 0 Å². The van der Waals surface area contributed by atoms with E-state index in [9.17, 15) is 24.8 Å². The molecule has 1 heterocycles. The molecule has 9 nitrogen and oxygen atoms in total. The first-order chi connectivity index (χ1) is 12.8. The fraction of sp³-hybridized carbons (Fsp3) is 0.333. The number of methoxy groups -OCH3 is 1. The van der Waals surface area contributed by atoms with E-state index in [-0.39, 0.29) is 30.0 Å². The molecule has 2 rings (SSSR count). The Kier molecular flexibility index (Phi) is 6.30. The zero-order chi connectivity index (χ0) is 20.1. The molecular weight excluding hydrogens is 356 g/mol. The molecule has 0 fully saturated rings. The maximum atomic E-state index is 12.6. The Bertz CT molecular complexity index is 842. The van der Waals surface area contributed by atoms with E-state index in [1.54, 1.807) is 19.9 Å². The van der Waals surface area contributed by atoms with E-state index < -0.39 is 22.8 Å². The highest BCUT2D eigenvalue weighted by molar-refractivity contribution is 5.99. The average Bonchev–Trinajstić information content (AvgIpc) is 2.60. The standard InChI is InChI=1S/C18H20N2O7/c1-10-14(17(21)22)16(12-5-4-6-13(9-12)20(24)25)15(11(2)19-10)18(23)27-8-7-26-3/h4-6,9,16,19H,7-8H2,1-3H3,(H,21,22)/t16-/m1/s1. The highest BCUT2D eigenvalue weighted by atomic mass is 16.6. The van der Waals surface area contributed by atoms with Crippen molar-refractivity contribution in [1.82, 2.24) is 5.32 Å². The van der Waals surface area contributed by atoms with Crippen LogP contribution in [-0.4, -0.2) is 42.3 Å². The number of dihydropyridines is 1. The van der Waals surface area contributed by atoms with Crippen LogP contribution in [0.25, 0.3) is 0 Å². The molecule has 144 valence electrons. The number of non-ortho nitro benzene ring substituents is 1. The van der Waals surface area contributed by atoms with E-state index >= 15 is 0 Å². The first kappa shape index (κ1) is 20.1. The van der Waals surface area contributed by atoms with Gasteiger partial charge in [0.25, 0.3) is 5.69 Å². The van der Waals surface area contributed by atoms with Gasteiger partial charge in [-0.3, -0.25) is 10.1 Å². The van der Waals surface area contributed by atoms with Crippen LogP contribution in [0.1, 0.15) is 25.3 Å². The number of nitro groups is 1. The van der Waals surface area contributed by atoms with Crippen LogP contribution in [0.4, 0.5) is 5.69 Å². The van der Waals surface area contributed by atoms with Gasteiger partial charge in [0.1, 0.15) is 6.61 Å². The van der Waals surface area contributed by atoms with Crippen molar-refractivity contribution in [2.75, 3.05) is 20.3 Å². The van der Waals surface area contributed by atoms with Gasteiger partial charge in [0.15, 0.2) is 0 Å². The van der Waals surface area contributed by atoms with Gasteiger partial charge < -0.3 is 19.9 Å². The molecular formula is C18H20N2O7. The summed E-state index contributed by atoms with van der Waals surface area (Å²) in [5, 5.41) is 23.7. The summed E-state index contributed by atoms with van der Waals surface area (Å²) in [7, 11) is 1.46. The highest BCUT2D eigenvalue weighted by Crippen LogP contribution is 2.39. The number of aliphatic carboxylic acids is 1. The second-order valence-electron chi connectivity index (χ2n) is 5.92. The number of allylic oxidation sites excluding steroid dienone is 2. The Balaban J connectivity index is 2.57. The van der Waals surface area contributed by atoms with Crippen LogP contribution < -0.4 is 5.32 Å². The topological polar surface area (TPSA) is 128 Å². The Morgan fingerprint density at radius 1 is 1.22 bits per heavy atom. The van der Waals surface area contributed by atoms with Gasteiger partial charge in [-0.1, -0.05) is 12.1 Å². The lowest BCUT2D eigenvalue weighted by Crippen LogP contribution is -2.32. The highest BCUT2D eigenvalue weighted by Gasteiger charge is 2.37. The average molecular weight is 376 g/mol. The SMILES string of the molecule is COCCOC(=O)C1=C(C)NC(C)=C(C(=O)O)[C@H]1c1cccc([N+](=O)[O-])c1. The molecule has 1 aliphatic rings. The summed E-state index contributed by atoms with van der Waals surface area (Å²) in [6.07, 6.45) is 0. The third-order valence-electron chi connectivity index (χ3n) is 4.15. The van der Waals surface area contributed by atoms with Crippen molar-refractivity contribution in [2.45, 2.75) is 19.8 Å². The molecule has 0 bridgehead atoms. The summed E-state index contributed by atoms with van der Waals surface area (Å²) in [6, 6.07) is 5.57. The van der Waals surface area contributed by atoms with Crippen molar-refractivity contribution < 1.29 is 29.1 Å². The van der Waals surface area contributed by atoms with Crippen molar-refractivity contribution >= 4 is 17.6 Å². The molecule has 0 spiro atoms. The Labute approximate surface area is 155 Å². The number of benzene rings is 1. The number of nitrogens with one attached hydrogen (secondary N) is 1. The predicted molar refractivity (Wildman–Crippen MR) is 94.8 cm³/mol. The third kappa shape index (κ3) is 4.32. The number of carbonyl (C=O) groups is 2. The molecule has 0 unspecified atom stereocenters. The number of hydrogen-bond donors (Lipinski definition) is 2. The second-order valence-corrected chi connectivity index (χ2v) is 5.92. The second kappa shape index (κ2) is 8.45. The summed E-state index contributed by atoms with van der Waals surface area (Å²) >= 11 is 0. The molecule has 1 aromatic rings. The number of nitro benzene ring substituents is 1. The lowest BCUT2D eigenvalue weighted by molar-refractivity contribution is -0.384. The van der Waals surface area contributed by atoms with Gasteiger partial charge in [-0.25, -0.2) is 9.59 Å². The number of carbonyl (C=O) groups excluding carboxylic acids is 1. The van der Waals surface area contributed by atoms with E-state index in [1.807, 2.05) is 0 Å². The molecule has 0 saturated carbocycles. The van der Waals surface area contributed by atoms with Crippen molar-refractivity contribution in [3.05, 3.63) is 62.5 Å². The minimum absolute atomic E-state index is 0.00112. The van der Waals surface area contributed by atoms with Gasteiger partial charge in [0.05, 0.1) is 28.6 Å². The summed E-state index contributed by atoms with van der Waals surface area (Å²) in [5.41, 5.74) is 0.925. The maximum Gasteiger partial charge on any atom is 0.336 e. The quantitative estimate of drug-likeness (QED) is 0.320. The van der Waals surface area contributed by atoms with Crippen LogP contribution in [-0.2, 0) is 19.1 Å². The van der Waals surface area contributed by atoms with Crippen LogP contribution in [0.5, 0.6) is 0 Å². The molecule has 0 aromatic heterocycles. The summed E-state index contributed by atoms with van der Waals surface area (Å²) in [4.78, 5) is 35.1. The fourth-order valence-corrected chi connectivity index (χ4v) is 2.99. The van der Waals surface area contributed by atoms with Crippen molar-refractivity contribution in [3.8, 4) is 0 Å². The largest absolute Gasteiger partial charge is 0.478 e. The molecule has 27 heavy (non-hydrogen) atoms. The molecule has 1 atom stereocenters. The minimum Gasteiger partial charge on any atom is -0.478 e. The number of hydrogen-bond acceptors (Lipinski definition) is 7. The van der Waals surface area contributed by atoms with Gasteiger partial charge >= 0.3 is 11.9 Å². The molecule has 2 N–H and O–H groups in total. The first-order valence-electron chi connectivity index (χ1n) is 8.10. The number of nitrogens with zero attached hydrogens (tertiary/aromatic N) is 1. The Hall–Kier alpha value is -3.20. The van der Waals surface area contributed by atoms with Crippen molar-refractivity contribution in [2.24, 2.45) is 0 Å². The normalized spacial score (nSPS) is 16.8. The summed E-state index contributed by atoms with van der Waals surface area (Å²) in [5.74, 6) is -2.94. The fourth-order valence-electron chi connectivity index (χ4n) is 2.99. The molecule has 1 aromatic carbocycles. The van der Waals surface area contributed by atoms with Crippen LogP contribution >= 0.6 is 0 Å². The predicted octanol–water partition coefficient (Wildman–Crippen LogP) is 2.10. The molecule has 0 amide bonds. The van der Waals surface area contributed by atoms with E-state index in [0.717, 1.165) is 0 Å². The lowest BCUT2D eigenvalue weighted by atomic mass is 9.80. The van der Waals surface area contributed by atoms with Crippen molar-refractivity contribution in [1.29, 1.82) is 0 Å². The maximum absolute atomic E-state index is 12.6. The van der Waals surface area contributed by atoms with Gasteiger partial charge in [0, 0.05) is 30.6 Å². The van der Waals surface area contributed by atoms with Gasteiger partial charge in [-0.2, -0.15) is 0 Å². The van der Waals surface area contributed by atoms with Crippen LogP contribution in [0.2, 0.25) is 0 Å². The number of ether oxygens (including phenoxy) is 2. The van der Waals surface area contributed by atoms with Gasteiger partial charge in [-0.15, -0.1) is 0 Å². The summed E-state index contributed by atoms with van der Waals surface area (Å²) < 4.78 is 10.0. The molecule has 0 radical (unpaired) electrons. The number of esters is 1. The van der Waals surface area contributed by atoms with Crippen LogP contribution in [0.15, 0.2) is 46.8 Å². The third-order valence-corrected chi connectivity index (χ3v) is 4.15. The van der Waals surface area contributed by atoms with E-state index in [0.29, 0.717) is 17.0 Å². The Morgan fingerprint density at radius 2 is 1.89 bits per heavy atom. The minimum atomic E-state index is -1.23. The van der Waals surface area contributed by atoms with Crippen molar-refractivity contribution in [3.63, 3.8) is 0 Å². The first-order valence-corrected chi connectivity index (χ1v) is 8.10. The molecule has 9 heteroatoms. The number of rotatable bonds is 7. The molecule has 1 aliphatic heterocycles. The smallest absolute Gasteiger partial charge is 0.336 e. The van der Waals surface area contributed by atoms with Gasteiger partial charge in [-0.05, 0) is 19.4 Å². The Morgan fingerprint density at radius 3 is 2.48 bits per heavy atom. The van der Waals surface area contributed by atoms with Crippen LogP contribution in [0, 0.1) is 10.1 Å². The molecule has 0 aliphatic carbocycles. The van der Waals surface area contributed by atoms with Crippen LogP contribution in [0.3, 0.4) is 0 Å². The monoisotopic (exact) mass is 376 g/mol. The zero-order valence-electron chi connectivity index (χ0n) is 15.1. The van der Waals surface area contributed by atoms with E-state index in [4.69, 9.17) is 9.47 Å². The molecule has 0 saturated heterocycles. The number of carboxylic acid groups (broad SMARTS) is 1. The van der Waals surface area contributed by atoms with E-state index in [1.165, 1.54) is 25.3 Å².